The molecular weight excluding hydrogens is 574 g/mol. The summed E-state index contributed by atoms with van der Waals surface area (Å²) in [7, 11) is 1.46. The number of imide groups is 1. The van der Waals surface area contributed by atoms with Gasteiger partial charge in [-0.05, 0) is 42.4 Å². The van der Waals surface area contributed by atoms with Gasteiger partial charge in [0.1, 0.15) is 12.6 Å². The van der Waals surface area contributed by atoms with Crippen molar-refractivity contribution in [3.05, 3.63) is 29.8 Å². The zero-order chi connectivity index (χ0) is 32.3. The van der Waals surface area contributed by atoms with E-state index in [0.29, 0.717) is 37.1 Å². The van der Waals surface area contributed by atoms with Crippen LogP contribution in [0.3, 0.4) is 0 Å². The van der Waals surface area contributed by atoms with Crippen LogP contribution in [-0.2, 0) is 35.3 Å². The molecule has 0 saturated carbocycles. The Morgan fingerprint density at radius 3 is 2.21 bits per heavy atom. The van der Waals surface area contributed by atoms with E-state index < -0.39 is 23.3 Å². The Hall–Kier alpha value is -3.61. The van der Waals surface area contributed by atoms with Gasteiger partial charge in [-0.2, -0.15) is 12.6 Å². The number of likely N-dealkylation sites (N-methyl/N-ethyl adjacent to an activating group) is 1. The number of unbranched alkanes of at least 4 members (excludes halogenated alkanes) is 2. The van der Waals surface area contributed by atoms with Gasteiger partial charge in [-0.25, -0.2) is 4.79 Å². The van der Waals surface area contributed by atoms with E-state index in [1.807, 2.05) is 13.8 Å². The molecule has 43 heavy (non-hydrogen) atoms. The Morgan fingerprint density at radius 2 is 1.67 bits per heavy atom. The third-order valence-electron chi connectivity index (χ3n) is 7.29. The van der Waals surface area contributed by atoms with Crippen LogP contribution in [0.4, 0.5) is 10.5 Å². The second-order valence-corrected chi connectivity index (χ2v) is 12.2. The van der Waals surface area contributed by atoms with Gasteiger partial charge in [-0.15, -0.1) is 0 Å². The van der Waals surface area contributed by atoms with E-state index in [1.165, 1.54) is 16.8 Å². The van der Waals surface area contributed by atoms with Crippen molar-refractivity contribution in [1.29, 1.82) is 0 Å². The number of nitrogens with one attached hydrogen (secondary N) is 2. The van der Waals surface area contributed by atoms with Crippen molar-refractivity contribution in [2.45, 2.75) is 90.2 Å². The molecule has 3 atom stereocenters. The Bertz CT molecular complexity index is 1160. The maximum atomic E-state index is 12.7. The van der Waals surface area contributed by atoms with Gasteiger partial charge in [-0.1, -0.05) is 46.2 Å². The molecule has 0 bridgehead atoms. The largest absolute Gasteiger partial charge is 0.445 e. The fourth-order valence-corrected chi connectivity index (χ4v) is 5.08. The first-order valence-corrected chi connectivity index (χ1v) is 15.1. The summed E-state index contributed by atoms with van der Waals surface area (Å²) >= 11 is 4.11. The molecule has 6 amide bonds. The number of carbonyl (C=O) groups is 6. The molecular formula is C30H45N5O7S. The molecule has 1 heterocycles. The van der Waals surface area contributed by atoms with E-state index >= 15 is 0 Å². The molecule has 3 unspecified atom stereocenters. The minimum Gasteiger partial charge on any atom is -0.445 e. The number of primary amides is 1. The number of benzene rings is 1. The van der Waals surface area contributed by atoms with E-state index in [4.69, 9.17) is 10.5 Å². The zero-order valence-electron chi connectivity index (χ0n) is 25.6. The number of anilines is 1. The average Bonchev–Trinajstić information content (AvgIpc) is 3.17. The van der Waals surface area contributed by atoms with Crippen LogP contribution in [0.25, 0.3) is 0 Å². The van der Waals surface area contributed by atoms with Crippen molar-refractivity contribution in [3.8, 4) is 0 Å². The summed E-state index contributed by atoms with van der Waals surface area (Å²) in [5.41, 5.74) is 6.65. The number of nitrogens with two attached hydrogens (primary N) is 1. The molecule has 0 aromatic heterocycles. The minimum atomic E-state index is -0.780. The second kappa shape index (κ2) is 16.9. The van der Waals surface area contributed by atoms with Gasteiger partial charge in [0, 0.05) is 44.6 Å². The monoisotopic (exact) mass is 619 g/mol. The highest BCUT2D eigenvalue weighted by Gasteiger charge is 2.35. The topological polar surface area (TPSA) is 168 Å². The molecule has 2 rings (SSSR count). The van der Waals surface area contributed by atoms with Crippen LogP contribution < -0.4 is 16.4 Å². The van der Waals surface area contributed by atoms with Crippen molar-refractivity contribution in [2.24, 2.45) is 17.6 Å². The van der Waals surface area contributed by atoms with Crippen molar-refractivity contribution in [3.63, 3.8) is 0 Å². The van der Waals surface area contributed by atoms with Crippen molar-refractivity contribution < 1.29 is 33.5 Å². The van der Waals surface area contributed by atoms with Gasteiger partial charge >= 0.3 is 6.09 Å². The molecule has 1 saturated heterocycles. The predicted molar refractivity (Wildman–Crippen MR) is 165 cm³/mol. The fourth-order valence-electron chi connectivity index (χ4n) is 4.79. The number of nitrogens with zero attached hydrogens (tertiary/aromatic N) is 2. The zero-order valence-corrected chi connectivity index (χ0v) is 26.5. The fraction of sp³-hybridized carbons (Fsp3) is 0.600. The first-order chi connectivity index (χ1) is 20.2. The number of ether oxygens (including phenoxy) is 1. The summed E-state index contributed by atoms with van der Waals surface area (Å²) in [6, 6.07) is 5.67. The molecule has 4 N–H and O–H groups in total. The summed E-state index contributed by atoms with van der Waals surface area (Å²) < 4.78 is 5.30. The molecule has 12 nitrogen and oxygen atoms in total. The highest BCUT2D eigenvalue weighted by molar-refractivity contribution is 7.81. The Balaban J connectivity index is 1.75. The summed E-state index contributed by atoms with van der Waals surface area (Å²) in [6.45, 7) is 7.75. The third-order valence-corrected chi connectivity index (χ3v) is 7.69. The van der Waals surface area contributed by atoms with E-state index in [0.717, 1.165) is 0 Å². The Morgan fingerprint density at radius 1 is 1.02 bits per heavy atom. The number of rotatable bonds is 16. The third kappa shape index (κ3) is 11.2. The molecule has 1 aromatic rings. The predicted octanol–water partition coefficient (Wildman–Crippen LogP) is 2.85. The molecule has 1 aromatic carbocycles. The van der Waals surface area contributed by atoms with E-state index in [1.54, 1.807) is 38.1 Å². The van der Waals surface area contributed by atoms with Crippen LogP contribution in [0.15, 0.2) is 24.3 Å². The number of thiol groups is 1. The van der Waals surface area contributed by atoms with Gasteiger partial charge in [0.25, 0.3) is 0 Å². The molecule has 238 valence electrons. The molecule has 0 radical (unpaired) electrons. The standard InChI is InChI=1S/C30H45N5O7S/c1-18(2)22(33-24(36)9-7-6-8-14-35-26(38)16-23(43)29(35)40)15-25(37)32-21-12-10-20(11-13-21)17-42-30(41)34(5)27(19(3)4)28(31)39/h10-13,18-19,22-23,27,43H,6-9,14-17H2,1-5H3,(H2,31,39)(H,32,37)(H,33,36). The molecule has 1 fully saturated rings. The van der Waals surface area contributed by atoms with E-state index in [9.17, 15) is 28.8 Å². The van der Waals surface area contributed by atoms with Crippen LogP contribution in [0.2, 0.25) is 0 Å². The summed E-state index contributed by atoms with van der Waals surface area (Å²) in [5, 5.41) is 5.21. The van der Waals surface area contributed by atoms with Crippen LogP contribution in [0.1, 0.15) is 71.8 Å². The lowest BCUT2D eigenvalue weighted by Crippen LogP contribution is -2.48. The highest BCUT2D eigenvalue weighted by Crippen LogP contribution is 2.19. The number of amides is 6. The quantitative estimate of drug-likeness (QED) is 0.125. The van der Waals surface area contributed by atoms with Gasteiger partial charge in [0.2, 0.25) is 29.5 Å². The van der Waals surface area contributed by atoms with Crippen LogP contribution >= 0.6 is 12.6 Å². The summed E-state index contributed by atoms with van der Waals surface area (Å²) in [6.07, 6.45) is 1.75. The average molecular weight is 620 g/mol. The molecule has 1 aliphatic heterocycles. The van der Waals surface area contributed by atoms with Crippen LogP contribution in [-0.4, -0.2) is 76.4 Å². The van der Waals surface area contributed by atoms with Gasteiger partial charge in [0.15, 0.2) is 0 Å². The first kappa shape index (κ1) is 35.6. The number of hydrogen-bond donors (Lipinski definition) is 4. The molecule has 13 heteroatoms. The molecule has 0 spiro atoms. The van der Waals surface area contributed by atoms with Gasteiger partial charge in [0.05, 0.1) is 5.25 Å². The number of likely N-dealkylation sites (tertiary alicyclic amines) is 1. The smallest absolute Gasteiger partial charge is 0.410 e. The van der Waals surface area contributed by atoms with E-state index in [2.05, 4.69) is 23.3 Å². The van der Waals surface area contributed by atoms with Crippen molar-refractivity contribution >= 4 is 53.9 Å². The number of carbonyl (C=O) groups excluding carboxylic acids is 6. The van der Waals surface area contributed by atoms with Crippen molar-refractivity contribution in [1.82, 2.24) is 15.1 Å². The van der Waals surface area contributed by atoms with Gasteiger partial charge in [-0.3, -0.25) is 33.8 Å². The van der Waals surface area contributed by atoms with Gasteiger partial charge < -0.3 is 21.1 Å². The maximum absolute atomic E-state index is 12.7. The summed E-state index contributed by atoms with van der Waals surface area (Å²) in [4.78, 5) is 75.4. The Labute approximate surface area is 258 Å². The van der Waals surface area contributed by atoms with Crippen LogP contribution in [0, 0.1) is 11.8 Å². The molecule has 1 aliphatic rings. The lowest BCUT2D eigenvalue weighted by molar-refractivity contribution is -0.138. The lowest BCUT2D eigenvalue weighted by Gasteiger charge is -2.27. The minimum absolute atomic E-state index is 0.0208. The van der Waals surface area contributed by atoms with Crippen molar-refractivity contribution in [2.75, 3.05) is 18.9 Å². The molecule has 0 aliphatic carbocycles. The van der Waals surface area contributed by atoms with Crippen LogP contribution in [0.5, 0.6) is 0 Å². The number of hydrogen-bond acceptors (Lipinski definition) is 8. The maximum Gasteiger partial charge on any atom is 0.410 e. The second-order valence-electron chi connectivity index (χ2n) is 11.5. The lowest BCUT2D eigenvalue weighted by atomic mass is 10.00. The normalized spacial score (nSPS) is 16.3. The van der Waals surface area contributed by atoms with E-state index in [-0.39, 0.29) is 67.4 Å². The first-order valence-electron chi connectivity index (χ1n) is 14.6. The summed E-state index contributed by atoms with van der Waals surface area (Å²) in [5.74, 6) is -1.62. The highest BCUT2D eigenvalue weighted by atomic mass is 32.1. The Kier molecular flexibility index (Phi) is 14.0. The SMILES string of the molecule is CC(C)C(CC(=O)Nc1ccc(COC(=O)N(C)C(C(N)=O)C(C)C)cc1)NC(=O)CCCCCN1C(=O)CC(S)C1=O.